The summed E-state index contributed by atoms with van der Waals surface area (Å²) in [7, 11) is 0. The van der Waals surface area contributed by atoms with Crippen LogP contribution in [0.1, 0.15) is 35.6 Å². The summed E-state index contributed by atoms with van der Waals surface area (Å²) < 4.78 is 0. The first-order chi connectivity index (χ1) is 7.10. The van der Waals surface area contributed by atoms with E-state index in [0.717, 1.165) is 11.3 Å². The summed E-state index contributed by atoms with van der Waals surface area (Å²) in [4.78, 5) is 27.6. The third kappa shape index (κ3) is 3.90. The molecule has 1 aromatic rings. The molecule has 7 heteroatoms. The first-order valence-electron chi connectivity index (χ1n) is 4.58. The van der Waals surface area contributed by atoms with Crippen LogP contribution in [-0.4, -0.2) is 40.0 Å². The van der Waals surface area contributed by atoms with Gasteiger partial charge in [-0.15, -0.1) is 11.3 Å². The van der Waals surface area contributed by atoms with Gasteiger partial charge in [0.2, 0.25) is 5.01 Å². The molecule has 1 heterocycles. The Balaban J connectivity index is 0. The third-order valence-corrected chi connectivity index (χ3v) is 2.79. The van der Waals surface area contributed by atoms with E-state index < -0.39 is 5.97 Å². The minimum absolute atomic E-state index is 0. The number of hydrogen-bond donors (Lipinski definition) is 1. The molecule has 0 unspecified atom stereocenters. The van der Waals surface area contributed by atoms with Crippen LogP contribution >= 0.6 is 11.3 Å². The molecular weight excluding hydrogens is 255 g/mol. The Morgan fingerprint density at radius 2 is 2.06 bits per heavy atom. The van der Waals surface area contributed by atoms with E-state index in [1.165, 1.54) is 5.38 Å². The van der Waals surface area contributed by atoms with Gasteiger partial charge in [-0.1, -0.05) is 0 Å². The molecule has 0 fully saturated rings. The molecule has 1 aromatic heterocycles. The van der Waals surface area contributed by atoms with Gasteiger partial charge in [0.25, 0.3) is 5.91 Å². The first kappa shape index (κ1) is 16.2. The molecule has 0 aliphatic carbocycles. The van der Waals surface area contributed by atoms with E-state index in [1.807, 2.05) is 13.8 Å². The van der Waals surface area contributed by atoms with Crippen molar-refractivity contribution in [3.8, 4) is 0 Å². The summed E-state index contributed by atoms with van der Waals surface area (Å²) in [5.74, 6) is -1.32. The number of amides is 1. The maximum Gasteiger partial charge on any atom is 1.00 e. The number of carbonyl (C=O) groups excluding carboxylic acids is 1. The van der Waals surface area contributed by atoms with Crippen molar-refractivity contribution in [2.75, 3.05) is 13.1 Å². The Morgan fingerprint density at radius 1 is 1.50 bits per heavy atom. The van der Waals surface area contributed by atoms with Crippen molar-refractivity contribution >= 4 is 23.2 Å². The van der Waals surface area contributed by atoms with Gasteiger partial charge in [0.05, 0.1) is 0 Å². The molecule has 0 saturated heterocycles. The maximum atomic E-state index is 11.7. The van der Waals surface area contributed by atoms with Crippen molar-refractivity contribution < 1.29 is 67.5 Å². The zero-order chi connectivity index (χ0) is 11.4. The van der Waals surface area contributed by atoms with Crippen LogP contribution in [-0.2, 0) is 0 Å². The van der Waals surface area contributed by atoms with Crippen molar-refractivity contribution in [1.29, 1.82) is 0 Å². The summed E-state index contributed by atoms with van der Waals surface area (Å²) in [5.41, 5.74) is 0.209. The van der Waals surface area contributed by atoms with Gasteiger partial charge in [-0.25, -0.2) is 9.78 Å². The fourth-order valence-corrected chi connectivity index (χ4v) is 1.77. The average molecular weight is 268 g/mol. The summed E-state index contributed by atoms with van der Waals surface area (Å²) in [6.07, 6.45) is 0. The average Bonchev–Trinajstić information content (AvgIpc) is 2.68. The van der Waals surface area contributed by atoms with Gasteiger partial charge in [-0.05, 0) is 13.8 Å². The molecule has 1 amide bonds. The van der Waals surface area contributed by atoms with Crippen molar-refractivity contribution in [1.82, 2.24) is 9.88 Å². The van der Waals surface area contributed by atoms with Crippen LogP contribution < -0.4 is 51.4 Å². The summed E-state index contributed by atoms with van der Waals surface area (Å²) >= 11 is 0.966. The Hall–Kier alpha value is 0.206. The topological polar surface area (TPSA) is 70.5 Å². The van der Waals surface area contributed by atoms with Crippen LogP contribution in [0.5, 0.6) is 0 Å². The van der Waals surface area contributed by atoms with E-state index in [0.29, 0.717) is 13.1 Å². The quantitative estimate of drug-likeness (QED) is 0.671. The molecule has 0 bridgehead atoms. The first-order valence-corrected chi connectivity index (χ1v) is 5.46. The molecule has 0 aliphatic rings. The van der Waals surface area contributed by atoms with E-state index in [1.54, 1.807) is 4.90 Å². The SMILES string of the molecule is CCN(CC)C(=O)c1csc(C(=O)O)n1.[H-].[K+]. The van der Waals surface area contributed by atoms with Crippen molar-refractivity contribution in [2.24, 2.45) is 0 Å². The number of carboxylic acid groups (broad SMARTS) is 1. The summed E-state index contributed by atoms with van der Waals surface area (Å²) in [6.45, 7) is 4.92. The van der Waals surface area contributed by atoms with Crippen LogP contribution in [0.3, 0.4) is 0 Å². The second-order valence-corrected chi connectivity index (χ2v) is 3.68. The Morgan fingerprint density at radius 3 is 2.44 bits per heavy atom. The number of hydrogen-bond acceptors (Lipinski definition) is 4. The predicted octanol–water partition coefficient (Wildman–Crippen LogP) is -1.56. The Labute approximate surface area is 142 Å². The summed E-state index contributed by atoms with van der Waals surface area (Å²) in [6, 6.07) is 0. The number of carboxylic acids is 1. The minimum atomic E-state index is -1.10. The molecule has 0 aromatic carbocycles. The van der Waals surface area contributed by atoms with Gasteiger partial charge >= 0.3 is 57.4 Å². The standard InChI is InChI=1S/C9H12N2O3S.K.H/c1-3-11(4-2)8(12)6-5-15-7(10-6)9(13)14;;/h5H,3-4H2,1-2H3,(H,13,14);;/q;+1;-1. The Kier molecular flexibility index (Phi) is 7.61. The van der Waals surface area contributed by atoms with E-state index in [2.05, 4.69) is 4.98 Å². The van der Waals surface area contributed by atoms with E-state index in [4.69, 9.17) is 5.11 Å². The molecule has 0 atom stereocenters. The number of aromatic nitrogens is 1. The second kappa shape index (κ2) is 7.52. The van der Waals surface area contributed by atoms with E-state index >= 15 is 0 Å². The number of rotatable bonds is 4. The maximum absolute atomic E-state index is 11.7. The zero-order valence-corrected chi connectivity index (χ0v) is 13.5. The number of thiazole rings is 1. The van der Waals surface area contributed by atoms with Crippen molar-refractivity contribution in [3.63, 3.8) is 0 Å². The fraction of sp³-hybridized carbons (Fsp3) is 0.444. The van der Waals surface area contributed by atoms with Crippen LogP contribution in [0.15, 0.2) is 5.38 Å². The monoisotopic (exact) mass is 268 g/mol. The van der Waals surface area contributed by atoms with Gasteiger partial charge < -0.3 is 11.4 Å². The molecule has 84 valence electrons. The van der Waals surface area contributed by atoms with E-state index in [9.17, 15) is 9.59 Å². The van der Waals surface area contributed by atoms with Crippen LogP contribution in [0, 0.1) is 0 Å². The van der Waals surface area contributed by atoms with Crippen molar-refractivity contribution in [2.45, 2.75) is 13.8 Å². The van der Waals surface area contributed by atoms with Gasteiger partial charge in [-0.3, -0.25) is 4.79 Å². The van der Waals surface area contributed by atoms with Gasteiger partial charge in [0.15, 0.2) is 0 Å². The van der Waals surface area contributed by atoms with Crippen LogP contribution in [0.25, 0.3) is 0 Å². The molecule has 16 heavy (non-hydrogen) atoms. The zero-order valence-electron chi connectivity index (χ0n) is 10.6. The van der Waals surface area contributed by atoms with E-state index in [-0.39, 0.29) is 69.4 Å². The molecule has 0 aliphatic heterocycles. The number of carbonyl (C=O) groups is 2. The van der Waals surface area contributed by atoms with Gasteiger partial charge in [0, 0.05) is 18.5 Å². The fourth-order valence-electron chi connectivity index (χ4n) is 1.14. The largest absolute Gasteiger partial charge is 1.00 e. The molecule has 0 saturated carbocycles. The third-order valence-electron chi connectivity index (χ3n) is 1.96. The molecule has 1 rings (SSSR count). The number of aromatic carboxylic acids is 1. The van der Waals surface area contributed by atoms with Crippen LogP contribution in [0.4, 0.5) is 0 Å². The predicted molar refractivity (Wildman–Crippen MR) is 57.4 cm³/mol. The Bertz CT molecular complexity index is 382. The second-order valence-electron chi connectivity index (χ2n) is 2.82. The molecule has 1 N–H and O–H groups in total. The summed E-state index contributed by atoms with van der Waals surface area (Å²) in [5, 5.41) is 10.1. The molecule has 5 nitrogen and oxygen atoms in total. The molecular formula is C9H13KN2O3S. The van der Waals surface area contributed by atoms with Crippen LogP contribution in [0.2, 0.25) is 0 Å². The van der Waals surface area contributed by atoms with Gasteiger partial charge in [-0.2, -0.15) is 0 Å². The smallest absolute Gasteiger partial charge is 1.00 e. The molecule has 0 radical (unpaired) electrons. The molecule has 0 spiro atoms. The normalized spacial score (nSPS) is 9.38. The van der Waals surface area contributed by atoms with Gasteiger partial charge in [0.1, 0.15) is 5.69 Å². The number of nitrogens with zero attached hydrogens (tertiary/aromatic N) is 2. The minimum Gasteiger partial charge on any atom is -1.00 e. The van der Waals surface area contributed by atoms with Crippen molar-refractivity contribution in [3.05, 3.63) is 16.1 Å².